The van der Waals surface area contributed by atoms with E-state index < -0.39 is 0 Å². The summed E-state index contributed by atoms with van der Waals surface area (Å²) < 4.78 is 5.85. The van der Waals surface area contributed by atoms with Crippen LogP contribution in [0.5, 0.6) is 0 Å². The van der Waals surface area contributed by atoms with E-state index >= 15 is 0 Å². The minimum absolute atomic E-state index is 0.301. The average molecular weight is 249 g/mol. The number of aryl methyl sites for hydroxylation is 1. The normalized spacial score (nSPS) is 14.4. The number of ether oxygens (including phenoxy) is 1. The van der Waals surface area contributed by atoms with E-state index in [1.165, 1.54) is 11.1 Å². The van der Waals surface area contributed by atoms with Crippen LogP contribution in [-0.4, -0.2) is 25.3 Å². The summed E-state index contributed by atoms with van der Waals surface area (Å²) in [5.74, 6) is 0. The third-order valence-corrected chi connectivity index (χ3v) is 3.24. The highest BCUT2D eigenvalue weighted by Crippen LogP contribution is 2.13. The molecule has 18 heavy (non-hydrogen) atoms. The van der Waals surface area contributed by atoms with E-state index in [-0.39, 0.29) is 0 Å². The van der Waals surface area contributed by atoms with Crippen molar-refractivity contribution < 1.29 is 4.74 Å². The minimum atomic E-state index is 0.301. The molecule has 0 heterocycles. The number of nitrogens with one attached hydrogen (secondary N) is 1. The Morgan fingerprint density at radius 3 is 2.56 bits per heavy atom. The van der Waals surface area contributed by atoms with Gasteiger partial charge in [0.15, 0.2) is 0 Å². The van der Waals surface area contributed by atoms with Crippen molar-refractivity contribution in [3.63, 3.8) is 0 Å². The molecule has 2 heteroatoms. The van der Waals surface area contributed by atoms with Crippen molar-refractivity contribution >= 4 is 0 Å². The van der Waals surface area contributed by atoms with E-state index in [1.807, 2.05) is 0 Å². The summed E-state index contributed by atoms with van der Waals surface area (Å²) in [6, 6.07) is 9.15. The molecule has 1 rings (SSSR count). The zero-order valence-corrected chi connectivity index (χ0v) is 12.2. The molecule has 0 aromatic heterocycles. The molecule has 0 aliphatic rings. The summed E-state index contributed by atoms with van der Waals surface area (Å²) in [5.41, 5.74) is 2.71. The fourth-order valence-corrected chi connectivity index (χ4v) is 2.42. The number of hydrogen-bond acceptors (Lipinski definition) is 2. The Bertz CT molecular complexity index is 338. The van der Waals surface area contributed by atoms with Crippen LogP contribution >= 0.6 is 0 Å². The van der Waals surface area contributed by atoms with Crippen LogP contribution in [0.3, 0.4) is 0 Å². The van der Waals surface area contributed by atoms with Gasteiger partial charge in [-0.25, -0.2) is 0 Å². The van der Waals surface area contributed by atoms with Crippen LogP contribution in [0.25, 0.3) is 0 Å². The van der Waals surface area contributed by atoms with Gasteiger partial charge in [-0.05, 0) is 38.8 Å². The molecule has 1 N–H and O–H groups in total. The quantitative estimate of drug-likeness (QED) is 0.763. The second-order valence-electron chi connectivity index (χ2n) is 4.76. The highest BCUT2D eigenvalue weighted by atomic mass is 16.5. The first-order chi connectivity index (χ1) is 8.71. The fourth-order valence-electron chi connectivity index (χ4n) is 2.42. The summed E-state index contributed by atoms with van der Waals surface area (Å²) in [6.07, 6.45) is 2.39. The van der Waals surface area contributed by atoms with E-state index in [0.29, 0.717) is 12.1 Å². The van der Waals surface area contributed by atoms with E-state index in [9.17, 15) is 0 Å². The third-order valence-electron chi connectivity index (χ3n) is 3.24. The Hall–Kier alpha value is -0.860. The molecule has 102 valence electrons. The summed E-state index contributed by atoms with van der Waals surface area (Å²) in [6.45, 7) is 10.3. The number of benzene rings is 1. The van der Waals surface area contributed by atoms with Gasteiger partial charge in [0.05, 0.1) is 6.10 Å². The number of hydrogen-bond donors (Lipinski definition) is 1. The average Bonchev–Trinajstić information content (AvgIpc) is 2.35. The lowest BCUT2D eigenvalue weighted by atomic mass is 9.98. The highest BCUT2D eigenvalue weighted by Gasteiger charge is 2.19. The van der Waals surface area contributed by atoms with Crippen LogP contribution in [0.2, 0.25) is 0 Å². The SMILES string of the molecule is CCNC(Cc1cccc(C)c1)C(CC)OCC. The highest BCUT2D eigenvalue weighted by molar-refractivity contribution is 5.23. The van der Waals surface area contributed by atoms with Crippen molar-refractivity contribution in [2.45, 2.75) is 52.7 Å². The van der Waals surface area contributed by atoms with Gasteiger partial charge in [-0.15, -0.1) is 0 Å². The fraction of sp³-hybridized carbons (Fsp3) is 0.625. The van der Waals surface area contributed by atoms with Gasteiger partial charge in [0.2, 0.25) is 0 Å². The van der Waals surface area contributed by atoms with Crippen LogP contribution < -0.4 is 5.32 Å². The van der Waals surface area contributed by atoms with E-state index in [4.69, 9.17) is 4.74 Å². The topological polar surface area (TPSA) is 21.3 Å². The van der Waals surface area contributed by atoms with Crippen molar-refractivity contribution in [3.05, 3.63) is 35.4 Å². The Morgan fingerprint density at radius 2 is 2.00 bits per heavy atom. The van der Waals surface area contributed by atoms with Crippen molar-refractivity contribution in [1.82, 2.24) is 5.32 Å². The molecule has 0 radical (unpaired) electrons. The van der Waals surface area contributed by atoms with Gasteiger partial charge in [-0.2, -0.15) is 0 Å². The molecule has 0 saturated heterocycles. The van der Waals surface area contributed by atoms with Gasteiger partial charge in [-0.1, -0.05) is 43.7 Å². The van der Waals surface area contributed by atoms with Crippen LogP contribution in [-0.2, 0) is 11.2 Å². The van der Waals surface area contributed by atoms with Gasteiger partial charge in [0.25, 0.3) is 0 Å². The van der Waals surface area contributed by atoms with Gasteiger partial charge >= 0.3 is 0 Å². The molecule has 0 saturated carbocycles. The molecule has 1 aromatic carbocycles. The Morgan fingerprint density at radius 1 is 1.22 bits per heavy atom. The molecule has 0 aliphatic carbocycles. The first kappa shape index (κ1) is 15.2. The second kappa shape index (κ2) is 8.28. The number of likely N-dealkylation sites (N-methyl/N-ethyl adjacent to an activating group) is 1. The van der Waals surface area contributed by atoms with Crippen molar-refractivity contribution in [2.24, 2.45) is 0 Å². The monoisotopic (exact) mass is 249 g/mol. The van der Waals surface area contributed by atoms with Gasteiger partial charge in [0, 0.05) is 12.6 Å². The Balaban J connectivity index is 2.72. The lowest BCUT2D eigenvalue weighted by Crippen LogP contribution is -2.42. The summed E-state index contributed by atoms with van der Waals surface area (Å²) in [4.78, 5) is 0. The predicted octanol–water partition coefficient (Wildman–Crippen LogP) is 3.33. The smallest absolute Gasteiger partial charge is 0.0728 e. The molecule has 0 aliphatic heterocycles. The van der Waals surface area contributed by atoms with Gasteiger partial charge in [-0.3, -0.25) is 0 Å². The first-order valence-electron chi connectivity index (χ1n) is 7.11. The molecule has 0 amide bonds. The lowest BCUT2D eigenvalue weighted by molar-refractivity contribution is 0.0323. The molecule has 2 nitrogen and oxygen atoms in total. The number of rotatable bonds is 8. The minimum Gasteiger partial charge on any atom is -0.377 e. The zero-order valence-electron chi connectivity index (χ0n) is 12.2. The van der Waals surface area contributed by atoms with E-state index in [1.54, 1.807) is 0 Å². The van der Waals surface area contributed by atoms with Crippen LogP contribution in [0.15, 0.2) is 24.3 Å². The molecule has 1 aromatic rings. The van der Waals surface area contributed by atoms with Crippen LogP contribution in [0.4, 0.5) is 0 Å². The summed E-state index contributed by atoms with van der Waals surface area (Å²) in [7, 11) is 0. The third kappa shape index (κ3) is 4.79. The summed E-state index contributed by atoms with van der Waals surface area (Å²) in [5, 5.41) is 3.56. The van der Waals surface area contributed by atoms with Crippen molar-refractivity contribution in [3.8, 4) is 0 Å². The second-order valence-corrected chi connectivity index (χ2v) is 4.76. The molecular weight excluding hydrogens is 222 g/mol. The van der Waals surface area contributed by atoms with E-state index in [0.717, 1.165) is 26.0 Å². The maximum atomic E-state index is 5.85. The molecule has 0 spiro atoms. The molecule has 2 atom stereocenters. The molecule has 0 fully saturated rings. The lowest BCUT2D eigenvalue weighted by Gasteiger charge is -2.27. The first-order valence-corrected chi connectivity index (χ1v) is 7.11. The van der Waals surface area contributed by atoms with Crippen molar-refractivity contribution in [2.75, 3.05) is 13.2 Å². The zero-order chi connectivity index (χ0) is 13.4. The van der Waals surface area contributed by atoms with Crippen LogP contribution in [0, 0.1) is 6.92 Å². The Labute approximate surface area is 112 Å². The maximum Gasteiger partial charge on any atom is 0.0728 e. The van der Waals surface area contributed by atoms with Crippen molar-refractivity contribution in [1.29, 1.82) is 0 Å². The molecular formula is C16H27NO. The van der Waals surface area contributed by atoms with Gasteiger partial charge in [0.1, 0.15) is 0 Å². The standard InChI is InChI=1S/C16H27NO/c1-5-16(18-7-3)15(17-6-2)12-14-10-8-9-13(4)11-14/h8-11,15-17H,5-7,12H2,1-4H3. The van der Waals surface area contributed by atoms with Crippen LogP contribution in [0.1, 0.15) is 38.3 Å². The molecule has 2 unspecified atom stereocenters. The summed E-state index contributed by atoms with van der Waals surface area (Å²) >= 11 is 0. The largest absolute Gasteiger partial charge is 0.377 e. The predicted molar refractivity (Wildman–Crippen MR) is 78.1 cm³/mol. The van der Waals surface area contributed by atoms with E-state index in [2.05, 4.69) is 57.3 Å². The maximum absolute atomic E-state index is 5.85. The Kier molecular flexibility index (Phi) is 6.99. The molecule has 0 bridgehead atoms. The van der Waals surface area contributed by atoms with Gasteiger partial charge < -0.3 is 10.1 Å².